The van der Waals surface area contributed by atoms with Gasteiger partial charge in [0.15, 0.2) is 0 Å². The van der Waals surface area contributed by atoms with Gasteiger partial charge in [-0.2, -0.15) is 0 Å². The maximum Gasteiger partial charge on any atom is 0.220 e. The second-order valence-corrected chi connectivity index (χ2v) is 6.84. The summed E-state index contributed by atoms with van der Waals surface area (Å²) in [5.41, 5.74) is 2.38. The number of carbonyl (C=O) groups excluding carboxylic acids is 1. The van der Waals surface area contributed by atoms with Crippen molar-refractivity contribution < 1.29 is 18.7 Å². The van der Waals surface area contributed by atoms with Crippen LogP contribution in [0.2, 0.25) is 0 Å². The minimum Gasteiger partial charge on any atom is -0.494 e. The highest BCUT2D eigenvalue weighted by molar-refractivity contribution is 5.75. The molecule has 5 nitrogen and oxygen atoms in total. The molecule has 1 N–H and O–H groups in total. The van der Waals surface area contributed by atoms with Crippen molar-refractivity contribution in [2.24, 2.45) is 0 Å². The smallest absolute Gasteiger partial charge is 0.220 e. The number of rotatable bonds is 9. The molecule has 28 heavy (non-hydrogen) atoms. The van der Waals surface area contributed by atoms with Gasteiger partial charge in [-0.1, -0.05) is 24.3 Å². The van der Waals surface area contributed by atoms with Crippen molar-refractivity contribution >= 4 is 5.91 Å². The first kappa shape index (κ1) is 20.3. The van der Waals surface area contributed by atoms with Crippen molar-refractivity contribution in [1.29, 1.82) is 0 Å². The summed E-state index contributed by atoms with van der Waals surface area (Å²) in [5, 5.41) is 3.00. The van der Waals surface area contributed by atoms with E-state index in [0.29, 0.717) is 31.7 Å². The van der Waals surface area contributed by atoms with Crippen molar-refractivity contribution in [2.45, 2.75) is 25.9 Å². The maximum atomic E-state index is 12.8. The average Bonchev–Trinajstić information content (AvgIpc) is 2.73. The third-order valence-corrected chi connectivity index (χ3v) is 4.72. The summed E-state index contributed by atoms with van der Waals surface area (Å²) in [5.74, 6) is 0.323. The Morgan fingerprint density at radius 3 is 2.54 bits per heavy atom. The Hall–Kier alpha value is -2.44. The highest BCUT2D eigenvalue weighted by Gasteiger charge is 2.13. The van der Waals surface area contributed by atoms with Gasteiger partial charge in [0.2, 0.25) is 5.91 Å². The van der Waals surface area contributed by atoms with E-state index in [-0.39, 0.29) is 11.7 Å². The number of nitrogens with zero attached hydrogens (tertiary/aromatic N) is 1. The monoisotopic (exact) mass is 386 g/mol. The van der Waals surface area contributed by atoms with E-state index in [2.05, 4.69) is 22.3 Å². The summed E-state index contributed by atoms with van der Waals surface area (Å²) in [4.78, 5) is 14.5. The fourth-order valence-electron chi connectivity index (χ4n) is 3.12. The molecular weight excluding hydrogens is 359 g/mol. The van der Waals surface area contributed by atoms with Crippen LogP contribution >= 0.6 is 0 Å². The van der Waals surface area contributed by atoms with E-state index in [1.54, 1.807) is 12.1 Å². The number of hydrogen-bond acceptors (Lipinski definition) is 4. The molecular formula is C22H27FN2O3. The highest BCUT2D eigenvalue weighted by atomic mass is 19.1. The number of benzene rings is 2. The van der Waals surface area contributed by atoms with Crippen LogP contribution in [0.4, 0.5) is 4.39 Å². The number of nitrogens with one attached hydrogen (secondary N) is 1. The number of hydrogen-bond donors (Lipinski definition) is 1. The van der Waals surface area contributed by atoms with E-state index in [9.17, 15) is 9.18 Å². The zero-order chi connectivity index (χ0) is 19.6. The SMILES string of the molecule is O=C(CCCOc1ccc(F)cc1)NCc1ccccc1CN1CCOCC1. The molecule has 1 heterocycles. The van der Waals surface area contributed by atoms with Crippen molar-refractivity contribution in [1.82, 2.24) is 10.2 Å². The molecule has 6 heteroatoms. The Morgan fingerprint density at radius 2 is 1.79 bits per heavy atom. The third kappa shape index (κ3) is 6.62. The van der Waals surface area contributed by atoms with Gasteiger partial charge >= 0.3 is 0 Å². The number of amides is 1. The number of carbonyl (C=O) groups is 1. The van der Waals surface area contributed by atoms with Crippen LogP contribution in [0.25, 0.3) is 0 Å². The normalized spacial score (nSPS) is 14.6. The zero-order valence-corrected chi connectivity index (χ0v) is 16.0. The van der Waals surface area contributed by atoms with Crippen molar-refractivity contribution in [3.05, 3.63) is 65.5 Å². The topological polar surface area (TPSA) is 50.8 Å². The molecule has 1 saturated heterocycles. The first-order chi connectivity index (χ1) is 13.7. The lowest BCUT2D eigenvalue weighted by molar-refractivity contribution is -0.121. The highest BCUT2D eigenvalue weighted by Crippen LogP contribution is 2.14. The van der Waals surface area contributed by atoms with Gasteiger partial charge in [0.25, 0.3) is 0 Å². The zero-order valence-electron chi connectivity index (χ0n) is 16.0. The summed E-state index contributed by atoms with van der Waals surface area (Å²) in [7, 11) is 0. The molecule has 1 aliphatic rings. The van der Waals surface area contributed by atoms with Gasteiger partial charge in [-0.25, -0.2) is 4.39 Å². The number of halogens is 1. The van der Waals surface area contributed by atoms with Crippen LogP contribution in [-0.2, 0) is 22.6 Å². The Morgan fingerprint density at radius 1 is 1.07 bits per heavy atom. The van der Waals surface area contributed by atoms with E-state index in [0.717, 1.165) is 38.4 Å². The summed E-state index contributed by atoms with van der Waals surface area (Å²) in [6.45, 7) is 5.26. The fraction of sp³-hybridized carbons (Fsp3) is 0.409. The molecule has 0 bridgehead atoms. The molecule has 1 amide bonds. The molecule has 0 atom stereocenters. The Balaban J connectivity index is 1.38. The molecule has 2 aromatic carbocycles. The van der Waals surface area contributed by atoms with Crippen LogP contribution in [0.3, 0.4) is 0 Å². The third-order valence-electron chi connectivity index (χ3n) is 4.72. The van der Waals surface area contributed by atoms with Gasteiger partial charge in [-0.05, 0) is 41.8 Å². The first-order valence-corrected chi connectivity index (χ1v) is 9.72. The predicted octanol–water partition coefficient (Wildman–Crippen LogP) is 3.13. The minimum atomic E-state index is -0.291. The lowest BCUT2D eigenvalue weighted by Crippen LogP contribution is -2.36. The maximum absolute atomic E-state index is 12.8. The van der Waals surface area contributed by atoms with Gasteiger partial charge in [0.1, 0.15) is 11.6 Å². The molecule has 0 aliphatic carbocycles. The second kappa shape index (κ2) is 10.8. The lowest BCUT2D eigenvalue weighted by Gasteiger charge is -2.27. The molecule has 1 fully saturated rings. The fourth-order valence-corrected chi connectivity index (χ4v) is 3.12. The van der Waals surface area contributed by atoms with Crippen LogP contribution < -0.4 is 10.1 Å². The van der Waals surface area contributed by atoms with Crippen molar-refractivity contribution in [2.75, 3.05) is 32.9 Å². The Labute approximate surface area is 165 Å². The van der Waals surface area contributed by atoms with Crippen LogP contribution in [0.15, 0.2) is 48.5 Å². The van der Waals surface area contributed by atoms with Gasteiger partial charge in [0.05, 0.1) is 19.8 Å². The summed E-state index contributed by atoms with van der Waals surface area (Å²) < 4.78 is 23.8. The molecule has 2 aromatic rings. The van der Waals surface area contributed by atoms with Gasteiger partial charge in [-0.15, -0.1) is 0 Å². The van der Waals surface area contributed by atoms with E-state index < -0.39 is 0 Å². The minimum absolute atomic E-state index is 0.00359. The first-order valence-electron chi connectivity index (χ1n) is 9.72. The Kier molecular flexibility index (Phi) is 7.82. The van der Waals surface area contributed by atoms with Gasteiger partial charge < -0.3 is 14.8 Å². The predicted molar refractivity (Wildman–Crippen MR) is 106 cm³/mol. The summed E-state index contributed by atoms with van der Waals surface area (Å²) in [6, 6.07) is 14.1. The standard InChI is InChI=1S/C22H27FN2O3/c23-20-7-9-21(10-8-20)28-13-3-6-22(26)24-16-18-4-1-2-5-19(18)17-25-11-14-27-15-12-25/h1-2,4-5,7-10H,3,6,11-17H2,(H,24,26). The lowest BCUT2D eigenvalue weighted by atomic mass is 10.1. The van der Waals surface area contributed by atoms with E-state index in [1.807, 2.05) is 12.1 Å². The number of ether oxygens (including phenoxy) is 2. The number of morpholine rings is 1. The molecule has 150 valence electrons. The van der Waals surface area contributed by atoms with Crippen molar-refractivity contribution in [3.63, 3.8) is 0 Å². The molecule has 0 radical (unpaired) electrons. The second-order valence-electron chi connectivity index (χ2n) is 6.84. The van der Waals surface area contributed by atoms with E-state index >= 15 is 0 Å². The molecule has 0 unspecified atom stereocenters. The average molecular weight is 386 g/mol. The van der Waals surface area contributed by atoms with Crippen LogP contribution in [0.1, 0.15) is 24.0 Å². The summed E-state index contributed by atoms with van der Waals surface area (Å²) >= 11 is 0. The van der Waals surface area contributed by atoms with E-state index in [4.69, 9.17) is 9.47 Å². The van der Waals surface area contributed by atoms with Crippen molar-refractivity contribution in [3.8, 4) is 5.75 Å². The quantitative estimate of drug-likeness (QED) is 0.673. The van der Waals surface area contributed by atoms with Gasteiger partial charge in [0, 0.05) is 32.6 Å². The van der Waals surface area contributed by atoms with Crippen LogP contribution in [0, 0.1) is 5.82 Å². The summed E-state index contributed by atoms with van der Waals surface area (Å²) in [6.07, 6.45) is 1.01. The molecule has 1 aliphatic heterocycles. The molecule has 0 spiro atoms. The van der Waals surface area contributed by atoms with E-state index in [1.165, 1.54) is 17.7 Å². The van der Waals surface area contributed by atoms with Crippen LogP contribution in [-0.4, -0.2) is 43.7 Å². The van der Waals surface area contributed by atoms with Crippen LogP contribution in [0.5, 0.6) is 5.75 Å². The molecule has 0 saturated carbocycles. The largest absolute Gasteiger partial charge is 0.494 e. The molecule has 3 rings (SSSR count). The van der Waals surface area contributed by atoms with Gasteiger partial charge in [-0.3, -0.25) is 9.69 Å². The Bertz CT molecular complexity index is 746. The molecule has 0 aromatic heterocycles.